The molecule has 2 aliphatic rings. The van der Waals surface area contributed by atoms with Gasteiger partial charge in [-0.15, -0.1) is 0 Å². The van der Waals surface area contributed by atoms with Crippen LogP contribution < -0.4 is 5.32 Å². The molecule has 0 aliphatic carbocycles. The van der Waals surface area contributed by atoms with E-state index < -0.39 is 0 Å². The van der Waals surface area contributed by atoms with Crippen molar-refractivity contribution in [3.8, 4) is 0 Å². The van der Waals surface area contributed by atoms with E-state index in [0.29, 0.717) is 24.1 Å². The average molecular weight is 268 g/mol. The lowest BCUT2D eigenvalue weighted by Crippen LogP contribution is -2.60. The molecule has 4 unspecified atom stereocenters. The van der Waals surface area contributed by atoms with Crippen LogP contribution in [0.2, 0.25) is 0 Å². The van der Waals surface area contributed by atoms with Gasteiger partial charge in [0, 0.05) is 38.3 Å². The van der Waals surface area contributed by atoms with Crippen molar-refractivity contribution < 1.29 is 4.74 Å². The molecule has 3 nitrogen and oxygen atoms in total. The van der Waals surface area contributed by atoms with Gasteiger partial charge in [-0.2, -0.15) is 0 Å². The fourth-order valence-electron chi connectivity index (χ4n) is 3.48. The summed E-state index contributed by atoms with van der Waals surface area (Å²) in [5, 5.41) is 3.74. The molecule has 2 rings (SSSR count). The Morgan fingerprint density at radius 2 is 1.95 bits per heavy atom. The van der Waals surface area contributed by atoms with Gasteiger partial charge in [0.2, 0.25) is 0 Å². The number of ether oxygens (including phenoxy) is 1. The van der Waals surface area contributed by atoms with Gasteiger partial charge < -0.3 is 10.1 Å². The molecular weight excluding hydrogens is 236 g/mol. The maximum Gasteiger partial charge on any atom is 0.0588 e. The third-order valence-corrected chi connectivity index (χ3v) is 5.07. The maximum absolute atomic E-state index is 5.73. The van der Waals surface area contributed by atoms with E-state index in [0.717, 1.165) is 25.0 Å². The lowest BCUT2D eigenvalue weighted by molar-refractivity contribution is 0.0470. The molecule has 0 amide bonds. The average Bonchev–Trinajstić information content (AvgIpc) is 2.74. The Kier molecular flexibility index (Phi) is 5.27. The van der Waals surface area contributed by atoms with Crippen LogP contribution in [0.4, 0.5) is 0 Å². The SMILES string of the molecule is CC(C)C1CN(CC2CCOC2C)C(C(C)C)CN1. The van der Waals surface area contributed by atoms with Crippen molar-refractivity contribution in [1.82, 2.24) is 10.2 Å². The highest BCUT2D eigenvalue weighted by atomic mass is 16.5. The van der Waals surface area contributed by atoms with Gasteiger partial charge in [0.15, 0.2) is 0 Å². The van der Waals surface area contributed by atoms with Crippen molar-refractivity contribution in [3.63, 3.8) is 0 Å². The largest absolute Gasteiger partial charge is 0.378 e. The fraction of sp³-hybridized carbons (Fsp3) is 1.00. The van der Waals surface area contributed by atoms with E-state index in [4.69, 9.17) is 4.74 Å². The van der Waals surface area contributed by atoms with Crippen LogP contribution in [-0.4, -0.2) is 49.3 Å². The van der Waals surface area contributed by atoms with Gasteiger partial charge in [-0.3, -0.25) is 4.90 Å². The Bertz CT molecular complexity index is 280. The van der Waals surface area contributed by atoms with Crippen molar-refractivity contribution in [2.75, 3.05) is 26.2 Å². The first-order chi connectivity index (χ1) is 8.99. The van der Waals surface area contributed by atoms with Crippen LogP contribution in [0, 0.1) is 17.8 Å². The summed E-state index contributed by atoms with van der Waals surface area (Å²) >= 11 is 0. The number of nitrogens with one attached hydrogen (secondary N) is 1. The molecule has 1 N–H and O–H groups in total. The van der Waals surface area contributed by atoms with E-state index in [-0.39, 0.29) is 0 Å². The van der Waals surface area contributed by atoms with Crippen molar-refractivity contribution in [3.05, 3.63) is 0 Å². The Morgan fingerprint density at radius 1 is 1.21 bits per heavy atom. The van der Waals surface area contributed by atoms with Crippen molar-refractivity contribution >= 4 is 0 Å². The molecule has 19 heavy (non-hydrogen) atoms. The molecule has 0 spiro atoms. The number of hydrogen-bond donors (Lipinski definition) is 1. The van der Waals surface area contributed by atoms with Crippen LogP contribution >= 0.6 is 0 Å². The fourth-order valence-corrected chi connectivity index (χ4v) is 3.48. The van der Waals surface area contributed by atoms with E-state index in [9.17, 15) is 0 Å². The molecule has 0 radical (unpaired) electrons. The maximum atomic E-state index is 5.73. The van der Waals surface area contributed by atoms with Crippen molar-refractivity contribution in [2.24, 2.45) is 17.8 Å². The molecule has 0 aromatic carbocycles. The standard InChI is InChI=1S/C16H32N2O/c1-11(2)15-10-18(16(8-17-15)12(3)4)9-14-6-7-19-13(14)5/h11-17H,6-10H2,1-5H3. The second-order valence-corrected chi connectivity index (χ2v) is 7.15. The van der Waals surface area contributed by atoms with E-state index in [1.54, 1.807) is 0 Å². The van der Waals surface area contributed by atoms with Crippen molar-refractivity contribution in [2.45, 2.75) is 59.2 Å². The number of piperazine rings is 1. The Labute approximate surface area is 119 Å². The number of rotatable bonds is 4. The molecule has 2 heterocycles. The molecule has 2 aliphatic heterocycles. The van der Waals surface area contributed by atoms with Crippen LogP contribution in [0.1, 0.15) is 41.0 Å². The first kappa shape index (κ1) is 15.3. The molecule has 0 aromatic heterocycles. The zero-order valence-corrected chi connectivity index (χ0v) is 13.4. The molecule has 0 saturated carbocycles. The molecular formula is C16H32N2O. The van der Waals surface area contributed by atoms with Crippen LogP contribution in [0.3, 0.4) is 0 Å². The summed E-state index contributed by atoms with van der Waals surface area (Å²) in [6.07, 6.45) is 1.68. The van der Waals surface area contributed by atoms with Gasteiger partial charge in [-0.1, -0.05) is 27.7 Å². The topological polar surface area (TPSA) is 24.5 Å². The van der Waals surface area contributed by atoms with E-state index in [2.05, 4.69) is 44.8 Å². The third-order valence-electron chi connectivity index (χ3n) is 5.07. The predicted molar refractivity (Wildman–Crippen MR) is 80.3 cm³/mol. The molecule has 4 atom stereocenters. The molecule has 0 bridgehead atoms. The summed E-state index contributed by atoms with van der Waals surface area (Å²) < 4.78 is 5.73. The Morgan fingerprint density at radius 3 is 2.47 bits per heavy atom. The molecule has 0 aromatic rings. The monoisotopic (exact) mass is 268 g/mol. The summed E-state index contributed by atoms with van der Waals surface area (Å²) in [4.78, 5) is 2.74. The minimum Gasteiger partial charge on any atom is -0.378 e. The van der Waals surface area contributed by atoms with Gasteiger partial charge in [0.25, 0.3) is 0 Å². The lowest BCUT2D eigenvalue weighted by Gasteiger charge is -2.45. The van der Waals surface area contributed by atoms with Crippen LogP contribution in [0.5, 0.6) is 0 Å². The smallest absolute Gasteiger partial charge is 0.0588 e. The van der Waals surface area contributed by atoms with Crippen molar-refractivity contribution in [1.29, 1.82) is 0 Å². The van der Waals surface area contributed by atoms with Gasteiger partial charge in [0.1, 0.15) is 0 Å². The normalized spacial score (nSPS) is 37.4. The summed E-state index contributed by atoms with van der Waals surface area (Å²) in [5.41, 5.74) is 0. The van der Waals surface area contributed by atoms with Gasteiger partial charge in [0.05, 0.1) is 6.10 Å². The summed E-state index contributed by atoms with van der Waals surface area (Å²) in [7, 11) is 0. The minimum atomic E-state index is 0.445. The van der Waals surface area contributed by atoms with E-state index >= 15 is 0 Å². The Balaban J connectivity index is 1.98. The van der Waals surface area contributed by atoms with Crippen LogP contribution in [0.25, 0.3) is 0 Å². The second-order valence-electron chi connectivity index (χ2n) is 7.15. The zero-order chi connectivity index (χ0) is 14.0. The highest BCUT2D eigenvalue weighted by Gasteiger charge is 2.34. The van der Waals surface area contributed by atoms with Gasteiger partial charge in [-0.05, 0) is 31.1 Å². The van der Waals surface area contributed by atoms with E-state index in [1.807, 2.05) is 0 Å². The Hall–Kier alpha value is -0.120. The molecule has 3 heteroatoms. The zero-order valence-electron chi connectivity index (χ0n) is 13.4. The number of nitrogens with zero attached hydrogens (tertiary/aromatic N) is 1. The molecule has 2 saturated heterocycles. The lowest BCUT2D eigenvalue weighted by atomic mass is 9.92. The highest BCUT2D eigenvalue weighted by molar-refractivity contribution is 4.91. The third kappa shape index (κ3) is 3.71. The summed E-state index contributed by atoms with van der Waals surface area (Å²) in [6, 6.07) is 1.33. The van der Waals surface area contributed by atoms with E-state index in [1.165, 1.54) is 19.5 Å². The quantitative estimate of drug-likeness (QED) is 0.847. The summed E-state index contributed by atoms with van der Waals surface area (Å²) in [6.45, 7) is 16.1. The highest BCUT2D eigenvalue weighted by Crippen LogP contribution is 2.25. The van der Waals surface area contributed by atoms with Gasteiger partial charge in [-0.25, -0.2) is 0 Å². The number of hydrogen-bond acceptors (Lipinski definition) is 3. The molecule has 2 fully saturated rings. The van der Waals surface area contributed by atoms with Gasteiger partial charge >= 0.3 is 0 Å². The molecule has 112 valence electrons. The van der Waals surface area contributed by atoms with Crippen LogP contribution in [0.15, 0.2) is 0 Å². The van der Waals surface area contributed by atoms with Crippen LogP contribution in [-0.2, 0) is 4.74 Å². The first-order valence-corrected chi connectivity index (χ1v) is 8.08. The first-order valence-electron chi connectivity index (χ1n) is 8.08. The summed E-state index contributed by atoms with van der Waals surface area (Å²) in [5.74, 6) is 2.17. The second kappa shape index (κ2) is 6.55. The minimum absolute atomic E-state index is 0.445. The predicted octanol–water partition coefficient (Wildman–Crippen LogP) is 2.37.